The van der Waals surface area contributed by atoms with Crippen LogP contribution < -0.4 is 4.72 Å². The summed E-state index contributed by atoms with van der Waals surface area (Å²) in [6.07, 6.45) is 10.4. The molecule has 1 saturated heterocycles. The number of hydrogen-bond acceptors (Lipinski definition) is 3. The van der Waals surface area contributed by atoms with Gasteiger partial charge in [0.1, 0.15) is 5.84 Å². The van der Waals surface area contributed by atoms with Crippen molar-refractivity contribution < 1.29 is 0 Å². The molecule has 0 bridgehead atoms. The number of amidine groups is 1. The molecule has 28 heavy (non-hydrogen) atoms. The molecule has 2 aliphatic rings. The van der Waals surface area contributed by atoms with Crippen LogP contribution in [0.15, 0.2) is 51.6 Å². The molecule has 152 valence electrons. The summed E-state index contributed by atoms with van der Waals surface area (Å²) in [5.41, 5.74) is 4.78. The van der Waals surface area contributed by atoms with Crippen LogP contribution in [0.3, 0.4) is 0 Å². The van der Waals surface area contributed by atoms with Crippen molar-refractivity contribution in [3.63, 3.8) is 0 Å². The topological polar surface area (TPSA) is 27.6 Å². The van der Waals surface area contributed by atoms with Gasteiger partial charge in [-0.05, 0) is 50.4 Å². The van der Waals surface area contributed by atoms with E-state index < -0.39 is 0 Å². The maximum absolute atomic E-state index is 4.67. The molecule has 1 N–H and O–H groups in total. The van der Waals surface area contributed by atoms with Crippen LogP contribution in [0.25, 0.3) is 0 Å². The summed E-state index contributed by atoms with van der Waals surface area (Å²) in [6.45, 7) is 14.9. The molecule has 1 fully saturated rings. The van der Waals surface area contributed by atoms with Crippen molar-refractivity contribution in [1.82, 2.24) is 9.62 Å². The Bertz CT molecular complexity index is 756. The Kier molecular flexibility index (Phi) is 9.42. The van der Waals surface area contributed by atoms with E-state index in [1.54, 1.807) is 18.1 Å². The smallest absolute Gasteiger partial charge is 0.144 e. The first-order chi connectivity index (χ1) is 13.5. The fraction of sp³-hybridized carbons (Fsp3) is 0.522. The highest BCUT2D eigenvalue weighted by Crippen LogP contribution is 2.33. The molecule has 0 amide bonds. The first-order valence-corrected chi connectivity index (χ1v) is 12.5. The van der Waals surface area contributed by atoms with Gasteiger partial charge in [0.05, 0.1) is 5.57 Å². The molecule has 0 aliphatic carbocycles. The highest BCUT2D eigenvalue weighted by atomic mass is 32.2. The summed E-state index contributed by atoms with van der Waals surface area (Å²) in [4.78, 5) is 7.06. The Hall–Kier alpha value is -1.43. The van der Waals surface area contributed by atoms with E-state index in [1.165, 1.54) is 35.0 Å². The number of hydrogen-bond donors (Lipinski definition) is 1. The minimum absolute atomic E-state index is 0.790. The molecule has 0 aromatic carbocycles. The van der Waals surface area contributed by atoms with Gasteiger partial charge in [-0.25, -0.2) is 4.99 Å². The lowest BCUT2D eigenvalue weighted by molar-refractivity contribution is 0.281. The lowest BCUT2D eigenvalue weighted by atomic mass is 9.97. The Morgan fingerprint density at radius 2 is 2.18 bits per heavy atom. The summed E-state index contributed by atoms with van der Waals surface area (Å²) in [5.74, 6) is 8.76. The molecule has 2 heterocycles. The normalized spacial score (nSPS) is 20.4. The third-order valence-electron chi connectivity index (χ3n) is 5.30. The van der Waals surface area contributed by atoms with Crippen LogP contribution in [0.4, 0.5) is 0 Å². The van der Waals surface area contributed by atoms with Gasteiger partial charge in [-0.1, -0.05) is 58.4 Å². The average molecular weight is 416 g/mol. The summed E-state index contributed by atoms with van der Waals surface area (Å²) >= 11 is 1.63. The molecule has 1 atom stereocenters. The number of nitrogens with one attached hydrogen (secondary N) is 1. The summed E-state index contributed by atoms with van der Waals surface area (Å²) in [6, 6.07) is 0. The van der Waals surface area contributed by atoms with E-state index in [9.17, 15) is 0 Å². The Morgan fingerprint density at radius 1 is 1.46 bits per heavy atom. The molecule has 2 aliphatic heterocycles. The van der Waals surface area contributed by atoms with E-state index in [-0.39, 0.29) is 0 Å². The van der Waals surface area contributed by atoms with E-state index in [0.717, 1.165) is 51.6 Å². The van der Waals surface area contributed by atoms with Crippen molar-refractivity contribution in [2.24, 2.45) is 10.9 Å². The Labute approximate surface area is 177 Å². The fourth-order valence-corrected chi connectivity index (χ4v) is 4.73. The van der Waals surface area contributed by atoms with E-state index >= 15 is 0 Å². The zero-order chi connectivity index (χ0) is 20.5. The second-order valence-electron chi connectivity index (χ2n) is 7.43. The molecule has 5 heteroatoms. The monoisotopic (exact) mass is 415 g/mol. The van der Waals surface area contributed by atoms with E-state index in [1.807, 2.05) is 0 Å². The predicted octanol–water partition coefficient (Wildman–Crippen LogP) is 5.71. The molecule has 0 spiro atoms. The predicted molar refractivity (Wildman–Crippen MR) is 129 cm³/mol. The van der Waals surface area contributed by atoms with Gasteiger partial charge in [0.2, 0.25) is 0 Å². The molecule has 3 nitrogen and oxygen atoms in total. The molecule has 0 aromatic heterocycles. The molecule has 2 rings (SSSR count). The van der Waals surface area contributed by atoms with Gasteiger partial charge in [0.15, 0.2) is 0 Å². The SMILES string of the molecule is C=C/N=C(\C(C#CC1=CC(NSC)=C(C)PC1)=C(/C)CC)N1CCC(C)CC1. The van der Waals surface area contributed by atoms with Crippen molar-refractivity contribution in [2.45, 2.75) is 47.0 Å². The van der Waals surface area contributed by atoms with Crippen molar-refractivity contribution in [3.8, 4) is 11.8 Å². The second-order valence-corrected chi connectivity index (χ2v) is 9.50. The third-order valence-corrected chi connectivity index (χ3v) is 7.09. The van der Waals surface area contributed by atoms with Crippen LogP contribution in [0.1, 0.15) is 47.0 Å². The standard InChI is InChI=1S/C23H34N3PS/c1-7-18(4)21(23(24-8-2)26-13-11-17(3)12-14-26)10-9-20-15-22(25-28-6)19(5)27-16-20/h8,15,17,25,27H,2,7,11-14,16H2,1,3-6H3/b21-18+,24-23+. The lowest BCUT2D eigenvalue weighted by Crippen LogP contribution is -2.39. The number of piperidine rings is 1. The van der Waals surface area contributed by atoms with E-state index in [0.29, 0.717) is 0 Å². The first-order valence-electron chi connectivity index (χ1n) is 10.1. The van der Waals surface area contributed by atoms with Crippen LogP contribution in [-0.4, -0.2) is 36.2 Å². The molecule has 1 unspecified atom stereocenters. The van der Waals surface area contributed by atoms with E-state index in [4.69, 9.17) is 0 Å². The van der Waals surface area contributed by atoms with Crippen LogP contribution in [-0.2, 0) is 0 Å². The van der Waals surface area contributed by atoms with Gasteiger partial charge in [0, 0.05) is 43.0 Å². The number of nitrogens with zero attached hydrogens (tertiary/aromatic N) is 2. The molecule has 0 radical (unpaired) electrons. The van der Waals surface area contributed by atoms with Crippen LogP contribution in [0, 0.1) is 17.8 Å². The Morgan fingerprint density at radius 3 is 2.79 bits per heavy atom. The van der Waals surface area contributed by atoms with Gasteiger partial charge in [-0.2, -0.15) is 0 Å². The minimum Gasteiger partial charge on any atom is -0.356 e. The van der Waals surface area contributed by atoms with Gasteiger partial charge >= 0.3 is 0 Å². The van der Waals surface area contributed by atoms with Crippen molar-refractivity contribution in [1.29, 1.82) is 0 Å². The van der Waals surface area contributed by atoms with Crippen molar-refractivity contribution >= 4 is 26.4 Å². The van der Waals surface area contributed by atoms with E-state index in [2.05, 4.69) is 73.1 Å². The second kappa shape index (κ2) is 11.5. The van der Waals surface area contributed by atoms with Crippen LogP contribution in [0.2, 0.25) is 0 Å². The number of likely N-dealkylation sites (tertiary alicyclic amines) is 1. The first kappa shape index (κ1) is 22.9. The maximum atomic E-state index is 4.67. The summed E-state index contributed by atoms with van der Waals surface area (Å²) < 4.78 is 3.39. The minimum atomic E-state index is 0.790. The molecule has 0 aromatic rings. The zero-order valence-corrected chi connectivity index (χ0v) is 19.8. The third kappa shape index (κ3) is 6.29. The van der Waals surface area contributed by atoms with Gasteiger partial charge in [-0.15, -0.1) is 0 Å². The summed E-state index contributed by atoms with van der Waals surface area (Å²) in [7, 11) is 0.801. The highest BCUT2D eigenvalue weighted by molar-refractivity contribution is 7.96. The average Bonchev–Trinajstić information content (AvgIpc) is 2.70. The van der Waals surface area contributed by atoms with Crippen LogP contribution >= 0.6 is 20.5 Å². The Balaban J connectivity index is 2.35. The molecular weight excluding hydrogens is 381 g/mol. The largest absolute Gasteiger partial charge is 0.356 e. The number of rotatable bonds is 5. The van der Waals surface area contributed by atoms with Gasteiger partial charge < -0.3 is 9.62 Å². The zero-order valence-electron chi connectivity index (χ0n) is 18.0. The van der Waals surface area contributed by atoms with Gasteiger partial charge in [0.25, 0.3) is 0 Å². The lowest BCUT2D eigenvalue weighted by Gasteiger charge is -2.33. The summed E-state index contributed by atoms with van der Waals surface area (Å²) in [5, 5.41) is 1.43. The number of allylic oxidation sites excluding steroid dienone is 4. The maximum Gasteiger partial charge on any atom is 0.144 e. The fourth-order valence-electron chi connectivity index (χ4n) is 3.24. The quantitative estimate of drug-likeness (QED) is 0.205. The van der Waals surface area contributed by atoms with Gasteiger partial charge in [-0.3, -0.25) is 0 Å². The van der Waals surface area contributed by atoms with Crippen molar-refractivity contribution in [3.05, 3.63) is 46.6 Å². The van der Waals surface area contributed by atoms with Crippen LogP contribution in [0.5, 0.6) is 0 Å². The molecular formula is C23H34N3PS. The highest BCUT2D eigenvalue weighted by Gasteiger charge is 2.21. The van der Waals surface area contributed by atoms with Crippen molar-refractivity contribution in [2.75, 3.05) is 25.5 Å². The number of aliphatic imine (C=N–C) groups is 1. The molecule has 0 saturated carbocycles.